The van der Waals surface area contributed by atoms with Gasteiger partial charge < -0.3 is 20.5 Å². The zero-order valence-electron chi connectivity index (χ0n) is 17.6. The summed E-state index contributed by atoms with van der Waals surface area (Å²) in [7, 11) is 0. The first-order valence-electron chi connectivity index (χ1n) is 10.5. The van der Waals surface area contributed by atoms with Crippen molar-refractivity contribution in [3.8, 4) is 11.5 Å². The van der Waals surface area contributed by atoms with Gasteiger partial charge in [-0.3, -0.25) is 4.79 Å². The average molecular weight is 415 g/mol. The Bertz CT molecular complexity index is 934. The number of anilines is 1. The van der Waals surface area contributed by atoms with E-state index < -0.39 is 6.17 Å². The van der Waals surface area contributed by atoms with Gasteiger partial charge in [0.2, 0.25) is 0 Å². The van der Waals surface area contributed by atoms with Crippen LogP contribution in [0.1, 0.15) is 73.1 Å². The predicted octanol–water partition coefficient (Wildman–Crippen LogP) is 5.25. The second-order valence-corrected chi connectivity index (χ2v) is 9.80. The van der Waals surface area contributed by atoms with E-state index in [2.05, 4.69) is 31.4 Å². The van der Waals surface area contributed by atoms with E-state index in [0.29, 0.717) is 29.3 Å². The molecular formula is C23H30N2O3S. The molecular weight excluding hydrogens is 384 g/mol. The van der Waals surface area contributed by atoms with Crippen molar-refractivity contribution in [2.75, 3.05) is 11.9 Å². The number of thiophene rings is 1. The molecule has 29 heavy (non-hydrogen) atoms. The Hall–Kier alpha value is -2.21. The number of hydrogen-bond acceptors (Lipinski definition) is 5. The maximum absolute atomic E-state index is 13.0. The first-order valence-corrected chi connectivity index (χ1v) is 11.3. The fraction of sp³-hybridized carbons (Fsp3) is 0.522. The summed E-state index contributed by atoms with van der Waals surface area (Å²) >= 11 is 1.71. The molecule has 1 aliphatic heterocycles. The highest BCUT2D eigenvalue weighted by Crippen LogP contribution is 2.47. The molecule has 0 saturated carbocycles. The zero-order valence-corrected chi connectivity index (χ0v) is 18.4. The van der Waals surface area contributed by atoms with Gasteiger partial charge in [-0.15, -0.1) is 11.3 Å². The minimum absolute atomic E-state index is 0.0530. The molecule has 4 rings (SSSR count). The maximum atomic E-state index is 13.0. The lowest BCUT2D eigenvalue weighted by atomic mass is 9.69. The predicted molar refractivity (Wildman–Crippen MR) is 117 cm³/mol. The van der Waals surface area contributed by atoms with Crippen LogP contribution >= 0.6 is 11.3 Å². The minimum atomic E-state index is -0.450. The monoisotopic (exact) mass is 414 g/mol. The number of fused-ring (bicyclic) bond motifs is 3. The van der Waals surface area contributed by atoms with Crippen LogP contribution in [-0.4, -0.2) is 17.6 Å². The molecule has 0 unspecified atom stereocenters. The lowest BCUT2D eigenvalue weighted by Crippen LogP contribution is -2.38. The number of phenolic OH excluding ortho intramolecular Hbond substituents is 1. The Balaban J connectivity index is 1.61. The van der Waals surface area contributed by atoms with Gasteiger partial charge in [0.25, 0.3) is 5.91 Å². The van der Waals surface area contributed by atoms with Crippen molar-refractivity contribution in [3.05, 3.63) is 39.8 Å². The first kappa shape index (κ1) is 20.1. The second-order valence-electron chi connectivity index (χ2n) is 8.69. The van der Waals surface area contributed by atoms with Gasteiger partial charge in [0, 0.05) is 16.5 Å². The van der Waals surface area contributed by atoms with Gasteiger partial charge in [0.1, 0.15) is 22.7 Å². The molecule has 1 aliphatic carbocycles. The van der Waals surface area contributed by atoms with Crippen molar-refractivity contribution in [1.29, 1.82) is 0 Å². The number of amides is 1. The largest absolute Gasteiger partial charge is 0.507 e. The number of carbonyl (C=O) groups is 1. The summed E-state index contributed by atoms with van der Waals surface area (Å²) < 4.78 is 5.44. The number of hydrogen-bond donors (Lipinski definition) is 3. The van der Waals surface area contributed by atoms with E-state index in [9.17, 15) is 9.90 Å². The topological polar surface area (TPSA) is 70.6 Å². The van der Waals surface area contributed by atoms with Crippen molar-refractivity contribution in [3.63, 3.8) is 0 Å². The highest BCUT2D eigenvalue weighted by atomic mass is 32.1. The standard InChI is InChI=1S/C23H30N2O3S/c1-5-23(3,4)13-7-9-16-18(11-13)29-22-19(16)21(27)24-20(25-22)15-10-8-14(28-6-2)12-17(15)26/h8,10,12-13,20,25-26H,5-7,9,11H2,1-4H3,(H,24,27)/t13-,20-/m1/s1. The average Bonchev–Trinajstić information content (AvgIpc) is 3.06. The number of carbonyl (C=O) groups excluding carboxylic acids is 1. The van der Waals surface area contributed by atoms with Crippen molar-refractivity contribution in [2.24, 2.45) is 11.3 Å². The molecule has 1 aromatic carbocycles. The molecule has 0 fully saturated rings. The van der Waals surface area contributed by atoms with Gasteiger partial charge in [-0.05, 0) is 55.2 Å². The summed E-state index contributed by atoms with van der Waals surface area (Å²) in [5.74, 6) is 1.33. The molecule has 2 aromatic rings. The van der Waals surface area contributed by atoms with E-state index in [4.69, 9.17) is 4.74 Å². The van der Waals surface area contributed by atoms with Crippen LogP contribution in [0.25, 0.3) is 0 Å². The Morgan fingerprint density at radius 3 is 2.76 bits per heavy atom. The molecule has 156 valence electrons. The van der Waals surface area contributed by atoms with E-state index >= 15 is 0 Å². The first-order chi connectivity index (χ1) is 13.8. The van der Waals surface area contributed by atoms with Gasteiger partial charge in [0.05, 0.1) is 12.2 Å². The Kier molecular flexibility index (Phi) is 5.23. The highest BCUT2D eigenvalue weighted by molar-refractivity contribution is 7.16. The minimum Gasteiger partial charge on any atom is -0.507 e. The summed E-state index contributed by atoms with van der Waals surface area (Å²) in [5.41, 5.74) is 2.98. The third kappa shape index (κ3) is 3.59. The van der Waals surface area contributed by atoms with E-state index in [0.717, 1.165) is 36.2 Å². The van der Waals surface area contributed by atoms with E-state index in [-0.39, 0.29) is 11.7 Å². The molecule has 5 nitrogen and oxygen atoms in total. The summed E-state index contributed by atoms with van der Waals surface area (Å²) in [5, 5.41) is 17.8. The third-order valence-electron chi connectivity index (χ3n) is 6.68. The van der Waals surface area contributed by atoms with Gasteiger partial charge in [-0.1, -0.05) is 27.2 Å². The number of nitrogens with one attached hydrogen (secondary N) is 2. The molecule has 2 heterocycles. The van der Waals surface area contributed by atoms with E-state index in [1.54, 1.807) is 23.5 Å². The van der Waals surface area contributed by atoms with Crippen LogP contribution in [0.5, 0.6) is 11.5 Å². The van der Waals surface area contributed by atoms with Crippen LogP contribution in [0.3, 0.4) is 0 Å². The molecule has 6 heteroatoms. The van der Waals surface area contributed by atoms with Crippen molar-refractivity contribution < 1.29 is 14.6 Å². The lowest BCUT2D eigenvalue weighted by Gasteiger charge is -2.36. The van der Waals surface area contributed by atoms with Gasteiger partial charge >= 0.3 is 0 Å². The molecule has 0 bridgehead atoms. The van der Waals surface area contributed by atoms with Crippen molar-refractivity contribution in [2.45, 2.75) is 59.5 Å². The molecule has 1 aromatic heterocycles. The SMILES string of the molecule is CCOc1ccc([C@@H]2NC(=O)c3c(sc4c3CC[C@@H](C(C)(C)CC)C4)N2)c(O)c1. The molecule has 3 N–H and O–H groups in total. The number of phenols is 1. The third-order valence-corrected chi connectivity index (χ3v) is 7.87. The Morgan fingerprint density at radius 1 is 1.28 bits per heavy atom. The number of aromatic hydroxyl groups is 1. The molecule has 1 amide bonds. The summed E-state index contributed by atoms with van der Waals surface area (Å²) in [4.78, 5) is 14.3. The van der Waals surface area contributed by atoms with Crippen LogP contribution in [-0.2, 0) is 12.8 Å². The normalized spacial score (nSPS) is 21.0. The second kappa shape index (κ2) is 7.56. The maximum Gasteiger partial charge on any atom is 0.256 e. The van der Waals surface area contributed by atoms with Crippen LogP contribution < -0.4 is 15.4 Å². The summed E-state index contributed by atoms with van der Waals surface area (Å²) in [6.07, 6.45) is 3.85. The van der Waals surface area contributed by atoms with Gasteiger partial charge in [0.15, 0.2) is 0 Å². The lowest BCUT2D eigenvalue weighted by molar-refractivity contribution is 0.0934. The van der Waals surface area contributed by atoms with Gasteiger partial charge in [-0.2, -0.15) is 0 Å². The highest BCUT2D eigenvalue weighted by Gasteiger charge is 2.37. The Labute approximate surface area is 176 Å². The van der Waals surface area contributed by atoms with E-state index in [1.165, 1.54) is 10.4 Å². The van der Waals surface area contributed by atoms with E-state index in [1.807, 2.05) is 13.0 Å². The fourth-order valence-corrected chi connectivity index (χ4v) is 5.79. The number of benzene rings is 1. The summed E-state index contributed by atoms with van der Waals surface area (Å²) in [6.45, 7) is 9.41. The van der Waals surface area contributed by atoms with Gasteiger partial charge in [-0.25, -0.2) is 0 Å². The number of ether oxygens (including phenoxy) is 1. The van der Waals surface area contributed by atoms with Crippen molar-refractivity contribution in [1.82, 2.24) is 5.32 Å². The molecule has 0 radical (unpaired) electrons. The fourth-order valence-electron chi connectivity index (χ4n) is 4.43. The molecule has 0 saturated heterocycles. The quantitative estimate of drug-likeness (QED) is 0.625. The zero-order chi connectivity index (χ0) is 20.8. The smallest absolute Gasteiger partial charge is 0.256 e. The number of rotatable bonds is 5. The molecule has 2 aliphatic rings. The van der Waals surface area contributed by atoms with Crippen molar-refractivity contribution >= 4 is 22.2 Å². The molecule has 0 spiro atoms. The van der Waals surface area contributed by atoms with Crippen LogP contribution in [0, 0.1) is 11.3 Å². The van der Waals surface area contributed by atoms with Crippen LogP contribution in [0.2, 0.25) is 0 Å². The molecule has 2 atom stereocenters. The van der Waals surface area contributed by atoms with Crippen LogP contribution in [0.15, 0.2) is 18.2 Å². The summed E-state index contributed by atoms with van der Waals surface area (Å²) in [6, 6.07) is 5.22. The van der Waals surface area contributed by atoms with Crippen LogP contribution in [0.4, 0.5) is 5.00 Å². The Morgan fingerprint density at radius 2 is 2.07 bits per heavy atom.